The molecule has 19 heavy (non-hydrogen) atoms. The van der Waals surface area contributed by atoms with Crippen molar-refractivity contribution in [2.75, 3.05) is 0 Å². The maximum Gasteiger partial charge on any atom is 0.151 e. The number of benzene rings is 1. The Morgan fingerprint density at radius 2 is 1.95 bits per heavy atom. The van der Waals surface area contributed by atoms with E-state index in [9.17, 15) is 9.18 Å². The third-order valence-corrected chi connectivity index (χ3v) is 3.65. The van der Waals surface area contributed by atoms with E-state index in [4.69, 9.17) is 0 Å². The van der Waals surface area contributed by atoms with Crippen molar-refractivity contribution in [1.82, 2.24) is 4.57 Å². The Balaban J connectivity index is 2.19. The zero-order valence-electron chi connectivity index (χ0n) is 11.5. The number of aryl methyl sites for hydroxylation is 3. The summed E-state index contributed by atoms with van der Waals surface area (Å²) in [6.45, 7) is 6.67. The van der Waals surface area contributed by atoms with E-state index in [1.807, 2.05) is 32.9 Å². The van der Waals surface area contributed by atoms with Gasteiger partial charge in [-0.15, -0.1) is 0 Å². The van der Waals surface area contributed by atoms with Crippen molar-refractivity contribution < 1.29 is 9.18 Å². The molecule has 2 aromatic rings. The van der Waals surface area contributed by atoms with Crippen LogP contribution in [0.15, 0.2) is 24.3 Å². The summed E-state index contributed by atoms with van der Waals surface area (Å²) < 4.78 is 15.2. The highest BCUT2D eigenvalue weighted by molar-refractivity contribution is 5.77. The van der Waals surface area contributed by atoms with Crippen LogP contribution >= 0.6 is 0 Å². The van der Waals surface area contributed by atoms with E-state index < -0.39 is 0 Å². The van der Waals surface area contributed by atoms with Gasteiger partial charge in [-0.1, -0.05) is 6.07 Å². The molecule has 2 rings (SSSR count). The molecule has 0 spiro atoms. The zero-order chi connectivity index (χ0) is 14.0. The fourth-order valence-electron chi connectivity index (χ4n) is 2.46. The summed E-state index contributed by atoms with van der Waals surface area (Å²) in [5.74, 6) is -0.196. The topological polar surface area (TPSA) is 22.0 Å². The molecule has 0 unspecified atom stereocenters. The summed E-state index contributed by atoms with van der Waals surface area (Å²) in [6.07, 6.45) is 1.72. The highest BCUT2D eigenvalue weighted by atomic mass is 19.1. The molecule has 1 heterocycles. The number of halogens is 1. The van der Waals surface area contributed by atoms with Crippen molar-refractivity contribution in [3.8, 4) is 0 Å². The lowest BCUT2D eigenvalue weighted by Gasteiger charge is -2.11. The Kier molecular flexibility index (Phi) is 3.84. The van der Waals surface area contributed by atoms with Gasteiger partial charge in [-0.2, -0.15) is 0 Å². The predicted octanol–water partition coefficient (Wildman–Crippen LogP) is 3.61. The number of hydrogen-bond donors (Lipinski definition) is 0. The Labute approximate surface area is 112 Å². The first kappa shape index (κ1) is 13.5. The molecular weight excluding hydrogens is 241 g/mol. The van der Waals surface area contributed by atoms with Gasteiger partial charge in [0.05, 0.1) is 0 Å². The Morgan fingerprint density at radius 3 is 2.53 bits per heavy atom. The summed E-state index contributed by atoms with van der Waals surface area (Å²) in [5.41, 5.74) is 4.93. The molecule has 0 fully saturated rings. The first-order valence-corrected chi connectivity index (χ1v) is 6.40. The first-order valence-electron chi connectivity index (χ1n) is 6.40. The molecular formula is C16H18FNO. The Bertz CT molecular complexity index is 613. The normalized spacial score (nSPS) is 10.7. The van der Waals surface area contributed by atoms with Gasteiger partial charge in [0.1, 0.15) is 5.82 Å². The number of hydrogen-bond acceptors (Lipinski definition) is 1. The standard InChI is InChI=1S/C16H18FNO/c1-11-8-16(17)5-4-14(11)6-7-18-12(2)9-15(10-19)13(18)3/h4-5,8-10H,6-7H2,1-3H3. The monoisotopic (exact) mass is 259 g/mol. The molecule has 1 aromatic heterocycles. The van der Waals surface area contributed by atoms with Gasteiger partial charge in [-0.05, 0) is 56.5 Å². The SMILES string of the molecule is Cc1cc(F)ccc1CCn1c(C)cc(C=O)c1C. The first-order chi connectivity index (χ1) is 9.02. The van der Waals surface area contributed by atoms with E-state index >= 15 is 0 Å². The second kappa shape index (κ2) is 5.39. The molecule has 0 radical (unpaired) electrons. The van der Waals surface area contributed by atoms with Crippen molar-refractivity contribution in [2.45, 2.75) is 33.7 Å². The molecule has 0 aliphatic heterocycles. The molecule has 0 aliphatic rings. The largest absolute Gasteiger partial charge is 0.348 e. The number of carbonyl (C=O) groups excluding carboxylic acids is 1. The fraction of sp³-hybridized carbons (Fsp3) is 0.312. The highest BCUT2D eigenvalue weighted by Gasteiger charge is 2.08. The number of nitrogens with zero attached hydrogens (tertiary/aromatic N) is 1. The number of aldehydes is 1. The molecule has 0 amide bonds. The lowest BCUT2D eigenvalue weighted by Crippen LogP contribution is -2.06. The van der Waals surface area contributed by atoms with E-state index in [-0.39, 0.29) is 5.82 Å². The van der Waals surface area contributed by atoms with E-state index in [0.717, 1.165) is 47.3 Å². The van der Waals surface area contributed by atoms with Crippen molar-refractivity contribution >= 4 is 6.29 Å². The molecule has 0 saturated heterocycles. The average molecular weight is 259 g/mol. The third-order valence-electron chi connectivity index (χ3n) is 3.65. The molecule has 1 aromatic carbocycles. The average Bonchev–Trinajstić information content (AvgIpc) is 2.64. The maximum absolute atomic E-state index is 13.0. The Hall–Kier alpha value is -1.90. The van der Waals surface area contributed by atoms with Crippen LogP contribution < -0.4 is 0 Å². The van der Waals surface area contributed by atoms with Crippen LogP contribution in [0.3, 0.4) is 0 Å². The summed E-state index contributed by atoms with van der Waals surface area (Å²) in [7, 11) is 0. The van der Waals surface area contributed by atoms with Crippen molar-refractivity contribution in [3.05, 3.63) is 58.2 Å². The fourth-order valence-corrected chi connectivity index (χ4v) is 2.46. The minimum absolute atomic E-state index is 0.196. The minimum Gasteiger partial charge on any atom is -0.348 e. The van der Waals surface area contributed by atoms with Gasteiger partial charge in [0.25, 0.3) is 0 Å². The second-order valence-electron chi connectivity index (χ2n) is 4.92. The third kappa shape index (κ3) is 2.75. The van der Waals surface area contributed by atoms with Crippen LogP contribution in [0.1, 0.15) is 32.9 Å². The number of aromatic nitrogens is 1. The van der Waals surface area contributed by atoms with Gasteiger partial charge in [-0.3, -0.25) is 4.79 Å². The summed E-state index contributed by atoms with van der Waals surface area (Å²) in [5, 5.41) is 0. The Morgan fingerprint density at radius 1 is 1.21 bits per heavy atom. The van der Waals surface area contributed by atoms with Crippen LogP contribution in [-0.4, -0.2) is 10.9 Å². The molecule has 0 bridgehead atoms. The molecule has 0 atom stereocenters. The van der Waals surface area contributed by atoms with Gasteiger partial charge in [0.2, 0.25) is 0 Å². The van der Waals surface area contributed by atoms with E-state index in [1.54, 1.807) is 6.07 Å². The van der Waals surface area contributed by atoms with E-state index in [2.05, 4.69) is 4.57 Å². The molecule has 0 N–H and O–H groups in total. The van der Waals surface area contributed by atoms with Gasteiger partial charge in [-0.25, -0.2) is 4.39 Å². The van der Waals surface area contributed by atoms with Crippen LogP contribution in [-0.2, 0) is 13.0 Å². The summed E-state index contributed by atoms with van der Waals surface area (Å²) >= 11 is 0. The van der Waals surface area contributed by atoms with Gasteiger partial charge in [0, 0.05) is 23.5 Å². The van der Waals surface area contributed by atoms with E-state index in [0.29, 0.717) is 0 Å². The zero-order valence-corrected chi connectivity index (χ0v) is 11.5. The molecule has 0 aliphatic carbocycles. The van der Waals surface area contributed by atoms with E-state index in [1.165, 1.54) is 6.07 Å². The van der Waals surface area contributed by atoms with Crippen LogP contribution in [0.25, 0.3) is 0 Å². The quantitative estimate of drug-likeness (QED) is 0.769. The van der Waals surface area contributed by atoms with Crippen LogP contribution in [0.4, 0.5) is 4.39 Å². The van der Waals surface area contributed by atoms with Gasteiger partial charge in [0.15, 0.2) is 6.29 Å². The molecule has 2 nitrogen and oxygen atoms in total. The lowest BCUT2D eigenvalue weighted by molar-refractivity contribution is 0.112. The maximum atomic E-state index is 13.0. The van der Waals surface area contributed by atoms with Gasteiger partial charge >= 0.3 is 0 Å². The van der Waals surface area contributed by atoms with Crippen molar-refractivity contribution in [2.24, 2.45) is 0 Å². The minimum atomic E-state index is -0.196. The summed E-state index contributed by atoms with van der Waals surface area (Å²) in [4.78, 5) is 10.9. The number of carbonyl (C=O) groups is 1. The molecule has 0 saturated carbocycles. The van der Waals surface area contributed by atoms with Crippen LogP contribution in [0.5, 0.6) is 0 Å². The molecule has 100 valence electrons. The van der Waals surface area contributed by atoms with Crippen LogP contribution in [0.2, 0.25) is 0 Å². The second-order valence-corrected chi connectivity index (χ2v) is 4.92. The molecule has 3 heteroatoms. The summed E-state index contributed by atoms with van der Waals surface area (Å²) in [6, 6.07) is 6.79. The van der Waals surface area contributed by atoms with Gasteiger partial charge < -0.3 is 4.57 Å². The lowest BCUT2D eigenvalue weighted by atomic mass is 10.1. The smallest absolute Gasteiger partial charge is 0.151 e. The highest BCUT2D eigenvalue weighted by Crippen LogP contribution is 2.16. The van der Waals surface area contributed by atoms with Crippen LogP contribution in [0, 0.1) is 26.6 Å². The number of rotatable bonds is 4. The van der Waals surface area contributed by atoms with Crippen molar-refractivity contribution in [3.63, 3.8) is 0 Å². The van der Waals surface area contributed by atoms with Crippen molar-refractivity contribution in [1.29, 1.82) is 0 Å². The predicted molar refractivity (Wildman–Crippen MR) is 74.1 cm³/mol.